The van der Waals surface area contributed by atoms with Crippen LogP contribution in [0.2, 0.25) is 0 Å². The highest BCUT2D eigenvalue weighted by Crippen LogP contribution is 2.24. The van der Waals surface area contributed by atoms with E-state index in [0.717, 1.165) is 39.3 Å². The number of ether oxygens (including phenoxy) is 1. The number of morpholine rings is 1. The van der Waals surface area contributed by atoms with Crippen molar-refractivity contribution < 1.29 is 9.53 Å². The molecule has 4 nitrogen and oxygen atoms in total. The molecule has 4 heteroatoms. The number of amides is 1. The van der Waals surface area contributed by atoms with Gasteiger partial charge in [0.05, 0.1) is 13.2 Å². The molecular weight excluding hydrogens is 300 g/mol. The van der Waals surface area contributed by atoms with Gasteiger partial charge < -0.3 is 10.5 Å². The number of nitrogens with two attached hydrogens (primary N) is 1. The van der Waals surface area contributed by atoms with E-state index in [-0.39, 0.29) is 5.91 Å². The lowest BCUT2D eigenvalue weighted by Gasteiger charge is -2.31. The van der Waals surface area contributed by atoms with Gasteiger partial charge in [-0.05, 0) is 29.7 Å². The summed E-state index contributed by atoms with van der Waals surface area (Å²) in [7, 11) is 0. The Labute approximate surface area is 143 Å². The lowest BCUT2D eigenvalue weighted by Crippen LogP contribution is -2.39. The molecule has 24 heavy (non-hydrogen) atoms. The van der Waals surface area contributed by atoms with Gasteiger partial charge in [-0.2, -0.15) is 0 Å². The summed E-state index contributed by atoms with van der Waals surface area (Å²) in [6.07, 6.45) is 0.945. The number of rotatable bonds is 6. The van der Waals surface area contributed by atoms with E-state index in [0.29, 0.717) is 11.5 Å². The fraction of sp³-hybridized carbons (Fsp3) is 0.350. The van der Waals surface area contributed by atoms with Crippen molar-refractivity contribution in [2.45, 2.75) is 12.3 Å². The second-order valence-electron chi connectivity index (χ2n) is 6.29. The summed E-state index contributed by atoms with van der Waals surface area (Å²) in [6, 6.07) is 18.2. The fourth-order valence-electron chi connectivity index (χ4n) is 3.23. The summed E-state index contributed by atoms with van der Waals surface area (Å²) in [5, 5.41) is 0. The van der Waals surface area contributed by atoms with E-state index in [1.165, 1.54) is 11.1 Å². The highest BCUT2D eigenvalue weighted by Gasteiger charge is 2.19. The topological polar surface area (TPSA) is 55.6 Å². The van der Waals surface area contributed by atoms with Gasteiger partial charge in [-0.1, -0.05) is 42.5 Å². The van der Waals surface area contributed by atoms with Crippen molar-refractivity contribution in [2.75, 3.05) is 32.8 Å². The van der Waals surface area contributed by atoms with E-state index in [1.807, 2.05) is 18.2 Å². The van der Waals surface area contributed by atoms with Crippen molar-refractivity contribution >= 4 is 5.91 Å². The fourth-order valence-corrected chi connectivity index (χ4v) is 3.23. The van der Waals surface area contributed by atoms with E-state index >= 15 is 0 Å². The monoisotopic (exact) mass is 324 g/mol. The maximum absolute atomic E-state index is 11.5. The first kappa shape index (κ1) is 16.7. The zero-order valence-corrected chi connectivity index (χ0v) is 13.9. The van der Waals surface area contributed by atoms with Crippen molar-refractivity contribution in [1.82, 2.24) is 4.90 Å². The molecule has 126 valence electrons. The molecule has 1 unspecified atom stereocenters. The summed E-state index contributed by atoms with van der Waals surface area (Å²) in [4.78, 5) is 14.0. The van der Waals surface area contributed by atoms with E-state index < -0.39 is 0 Å². The first-order chi connectivity index (χ1) is 11.7. The SMILES string of the molecule is NC(=O)c1cccc(C(Cc2ccccc2)CN2CCOCC2)c1. The van der Waals surface area contributed by atoms with Crippen LogP contribution >= 0.6 is 0 Å². The summed E-state index contributed by atoms with van der Waals surface area (Å²) in [5.41, 5.74) is 8.50. The molecule has 1 aliphatic rings. The quantitative estimate of drug-likeness (QED) is 0.888. The average molecular weight is 324 g/mol. The Bertz CT molecular complexity index is 666. The third kappa shape index (κ3) is 4.43. The molecule has 1 saturated heterocycles. The van der Waals surface area contributed by atoms with Gasteiger partial charge in [-0.3, -0.25) is 9.69 Å². The maximum Gasteiger partial charge on any atom is 0.248 e. The standard InChI is InChI=1S/C20H24N2O2/c21-20(23)18-8-4-7-17(14-18)19(13-16-5-2-1-3-6-16)15-22-9-11-24-12-10-22/h1-8,14,19H,9-13,15H2,(H2,21,23). The van der Waals surface area contributed by atoms with Gasteiger partial charge >= 0.3 is 0 Å². The van der Waals surface area contributed by atoms with E-state index in [9.17, 15) is 4.79 Å². The maximum atomic E-state index is 11.5. The number of primary amides is 1. The summed E-state index contributed by atoms with van der Waals surface area (Å²) < 4.78 is 5.45. The average Bonchev–Trinajstić information content (AvgIpc) is 2.63. The van der Waals surface area contributed by atoms with E-state index in [2.05, 4.69) is 35.2 Å². The minimum absolute atomic E-state index is 0.324. The van der Waals surface area contributed by atoms with Crippen LogP contribution in [-0.4, -0.2) is 43.7 Å². The molecule has 2 aromatic carbocycles. The molecule has 1 heterocycles. The van der Waals surface area contributed by atoms with Gasteiger partial charge in [-0.15, -0.1) is 0 Å². The van der Waals surface area contributed by atoms with E-state index in [4.69, 9.17) is 10.5 Å². The smallest absolute Gasteiger partial charge is 0.248 e. The Morgan fingerprint density at radius 1 is 1.08 bits per heavy atom. The summed E-state index contributed by atoms with van der Waals surface area (Å²) >= 11 is 0. The first-order valence-electron chi connectivity index (χ1n) is 8.46. The normalized spacial score (nSPS) is 16.7. The molecule has 0 bridgehead atoms. The number of carbonyl (C=O) groups excluding carboxylic acids is 1. The zero-order chi connectivity index (χ0) is 16.8. The van der Waals surface area contributed by atoms with Crippen LogP contribution in [0.25, 0.3) is 0 Å². The second-order valence-corrected chi connectivity index (χ2v) is 6.29. The van der Waals surface area contributed by atoms with Gasteiger partial charge in [0.2, 0.25) is 5.91 Å². The lowest BCUT2D eigenvalue weighted by molar-refractivity contribution is 0.0350. The number of hydrogen-bond donors (Lipinski definition) is 1. The lowest BCUT2D eigenvalue weighted by atomic mass is 9.90. The van der Waals surface area contributed by atoms with Crippen molar-refractivity contribution in [1.29, 1.82) is 0 Å². The molecular formula is C20H24N2O2. The Morgan fingerprint density at radius 2 is 1.83 bits per heavy atom. The molecule has 3 rings (SSSR count). The van der Waals surface area contributed by atoms with Crippen LogP contribution in [0.1, 0.15) is 27.4 Å². The summed E-state index contributed by atoms with van der Waals surface area (Å²) in [5.74, 6) is -0.0496. The Kier molecular flexibility index (Phi) is 5.62. The van der Waals surface area contributed by atoms with E-state index in [1.54, 1.807) is 6.07 Å². The van der Waals surface area contributed by atoms with Crippen molar-refractivity contribution in [2.24, 2.45) is 5.73 Å². The van der Waals surface area contributed by atoms with Crippen LogP contribution in [0.4, 0.5) is 0 Å². The highest BCUT2D eigenvalue weighted by atomic mass is 16.5. The second kappa shape index (κ2) is 8.08. The Balaban J connectivity index is 1.82. The minimum Gasteiger partial charge on any atom is -0.379 e. The first-order valence-corrected chi connectivity index (χ1v) is 8.46. The van der Waals surface area contributed by atoms with Gasteiger partial charge in [-0.25, -0.2) is 0 Å². The van der Waals surface area contributed by atoms with Crippen molar-refractivity contribution in [3.05, 3.63) is 71.3 Å². The van der Waals surface area contributed by atoms with Crippen molar-refractivity contribution in [3.8, 4) is 0 Å². The molecule has 1 fully saturated rings. The molecule has 1 aliphatic heterocycles. The molecule has 0 aromatic heterocycles. The van der Waals surface area contributed by atoms with Crippen molar-refractivity contribution in [3.63, 3.8) is 0 Å². The molecule has 0 saturated carbocycles. The molecule has 1 atom stereocenters. The van der Waals surface area contributed by atoms with Crippen LogP contribution in [0.15, 0.2) is 54.6 Å². The Hall–Kier alpha value is -2.17. The van der Waals surface area contributed by atoms with Gasteiger partial charge in [0.15, 0.2) is 0 Å². The predicted octanol–water partition coefficient (Wildman–Crippen LogP) is 2.44. The number of nitrogens with zero attached hydrogens (tertiary/aromatic N) is 1. The minimum atomic E-state index is -0.373. The molecule has 0 spiro atoms. The van der Waals surface area contributed by atoms with Gasteiger partial charge in [0, 0.05) is 31.1 Å². The largest absolute Gasteiger partial charge is 0.379 e. The van der Waals surface area contributed by atoms with Crippen LogP contribution in [0.5, 0.6) is 0 Å². The molecule has 2 aromatic rings. The molecule has 0 aliphatic carbocycles. The van der Waals surface area contributed by atoms with Gasteiger partial charge in [0.1, 0.15) is 0 Å². The number of benzene rings is 2. The summed E-state index contributed by atoms with van der Waals surface area (Å²) in [6.45, 7) is 4.46. The third-order valence-electron chi connectivity index (χ3n) is 4.55. The molecule has 2 N–H and O–H groups in total. The molecule has 0 radical (unpaired) electrons. The molecule has 1 amide bonds. The van der Waals surface area contributed by atoms with Crippen LogP contribution in [0.3, 0.4) is 0 Å². The predicted molar refractivity (Wildman–Crippen MR) is 95.1 cm³/mol. The van der Waals surface area contributed by atoms with Gasteiger partial charge in [0.25, 0.3) is 0 Å². The Morgan fingerprint density at radius 3 is 2.54 bits per heavy atom. The van der Waals surface area contributed by atoms with Crippen LogP contribution in [-0.2, 0) is 11.2 Å². The van der Waals surface area contributed by atoms with Crippen LogP contribution in [0, 0.1) is 0 Å². The third-order valence-corrected chi connectivity index (χ3v) is 4.55. The highest BCUT2D eigenvalue weighted by molar-refractivity contribution is 5.92. The zero-order valence-electron chi connectivity index (χ0n) is 13.9. The van der Waals surface area contributed by atoms with Crippen LogP contribution < -0.4 is 5.73 Å². The number of carbonyl (C=O) groups is 1. The number of hydrogen-bond acceptors (Lipinski definition) is 3.